The van der Waals surface area contributed by atoms with Crippen LogP contribution < -0.4 is 4.74 Å². The third-order valence-electron chi connectivity index (χ3n) is 3.09. The summed E-state index contributed by atoms with van der Waals surface area (Å²) in [5.74, 6) is 0.617. The molecule has 0 N–H and O–H groups in total. The van der Waals surface area contributed by atoms with Crippen molar-refractivity contribution in [2.24, 2.45) is 0 Å². The van der Waals surface area contributed by atoms with E-state index in [0.29, 0.717) is 13.2 Å². The molecule has 0 bridgehead atoms. The average molecular weight is 279 g/mol. The van der Waals surface area contributed by atoms with Crippen LogP contribution in [0.4, 0.5) is 0 Å². The number of carbonyl (C=O) groups is 1. The number of benzene rings is 1. The largest absolute Gasteiger partial charge is 0.492 e. The Morgan fingerprint density at radius 2 is 1.80 bits per heavy atom. The van der Waals surface area contributed by atoms with Crippen molar-refractivity contribution >= 4 is 5.97 Å². The Morgan fingerprint density at radius 1 is 1.20 bits per heavy atom. The lowest BCUT2D eigenvalue weighted by molar-refractivity contribution is -0.141. The number of ether oxygens (including phenoxy) is 2. The Hall–Kier alpha value is -1.55. The Labute approximate surface area is 121 Å². The number of nitrogens with zero attached hydrogens (tertiary/aromatic N) is 1. The third kappa shape index (κ3) is 5.61. The lowest BCUT2D eigenvalue weighted by Crippen LogP contribution is -2.30. The Balaban J connectivity index is 2.37. The molecule has 0 saturated carbocycles. The minimum absolute atomic E-state index is 0.152. The van der Waals surface area contributed by atoms with Gasteiger partial charge >= 0.3 is 5.97 Å². The smallest absolute Gasteiger partial charge is 0.319 e. The predicted molar refractivity (Wildman–Crippen MR) is 80.2 cm³/mol. The second-order valence-electron chi connectivity index (χ2n) is 5.94. The van der Waals surface area contributed by atoms with Crippen molar-refractivity contribution in [1.82, 2.24) is 4.90 Å². The fraction of sp³-hybridized carbons (Fsp3) is 0.562. The molecule has 0 heterocycles. The van der Waals surface area contributed by atoms with E-state index in [4.69, 9.17) is 4.74 Å². The average Bonchev–Trinajstić information content (AvgIpc) is 2.38. The highest BCUT2D eigenvalue weighted by Gasteiger charge is 2.13. The minimum atomic E-state index is -0.234. The second kappa shape index (κ2) is 7.29. The van der Waals surface area contributed by atoms with Crippen LogP contribution in [-0.4, -0.2) is 44.7 Å². The van der Waals surface area contributed by atoms with Crippen LogP contribution >= 0.6 is 0 Å². The van der Waals surface area contributed by atoms with Crippen molar-refractivity contribution < 1.29 is 14.3 Å². The van der Waals surface area contributed by atoms with Gasteiger partial charge in [-0.05, 0) is 30.2 Å². The molecule has 0 aliphatic heterocycles. The highest BCUT2D eigenvalue weighted by molar-refractivity contribution is 5.71. The summed E-state index contributed by atoms with van der Waals surface area (Å²) in [6.45, 7) is 8.06. The van der Waals surface area contributed by atoms with E-state index in [2.05, 4.69) is 37.6 Å². The quantitative estimate of drug-likeness (QED) is 0.750. The van der Waals surface area contributed by atoms with E-state index >= 15 is 0 Å². The van der Waals surface area contributed by atoms with Gasteiger partial charge < -0.3 is 9.47 Å². The number of esters is 1. The molecule has 0 aliphatic carbocycles. The molecule has 4 heteroatoms. The zero-order valence-electron chi connectivity index (χ0n) is 13.1. The molecule has 4 nitrogen and oxygen atoms in total. The lowest BCUT2D eigenvalue weighted by Gasteiger charge is -2.19. The van der Waals surface area contributed by atoms with Crippen LogP contribution in [0.25, 0.3) is 0 Å². The summed E-state index contributed by atoms with van der Waals surface area (Å²) < 4.78 is 10.3. The molecule has 1 rings (SSSR count). The summed E-state index contributed by atoms with van der Waals surface area (Å²) in [4.78, 5) is 13.0. The maximum Gasteiger partial charge on any atom is 0.319 e. The number of hydrogen-bond acceptors (Lipinski definition) is 4. The standard InChI is InChI=1S/C16H25NO3/c1-16(2,3)13-6-8-14(9-7-13)20-11-10-17(4)12-15(18)19-5/h6-9H,10-12H2,1-5H3. The number of carbonyl (C=O) groups excluding carboxylic acids is 1. The molecule has 0 radical (unpaired) electrons. The summed E-state index contributed by atoms with van der Waals surface area (Å²) in [6.07, 6.45) is 0. The Bertz CT molecular complexity index is 420. The van der Waals surface area contributed by atoms with Crippen LogP contribution in [-0.2, 0) is 14.9 Å². The van der Waals surface area contributed by atoms with Crippen LogP contribution in [0.5, 0.6) is 5.75 Å². The second-order valence-corrected chi connectivity index (χ2v) is 5.94. The number of methoxy groups -OCH3 is 1. The molecule has 0 aliphatic rings. The van der Waals surface area contributed by atoms with Crippen molar-refractivity contribution in [2.45, 2.75) is 26.2 Å². The van der Waals surface area contributed by atoms with E-state index in [9.17, 15) is 4.79 Å². The van der Waals surface area contributed by atoms with E-state index in [-0.39, 0.29) is 17.9 Å². The molecule has 1 aromatic carbocycles. The van der Waals surface area contributed by atoms with Gasteiger partial charge in [-0.2, -0.15) is 0 Å². The third-order valence-corrected chi connectivity index (χ3v) is 3.09. The number of hydrogen-bond donors (Lipinski definition) is 0. The van der Waals surface area contributed by atoms with Crippen molar-refractivity contribution in [3.8, 4) is 5.75 Å². The molecule has 0 saturated heterocycles. The van der Waals surface area contributed by atoms with Gasteiger partial charge in [0.15, 0.2) is 0 Å². The summed E-state index contributed by atoms with van der Waals surface area (Å²) in [6, 6.07) is 8.16. The van der Waals surface area contributed by atoms with Crippen LogP contribution in [0.3, 0.4) is 0 Å². The van der Waals surface area contributed by atoms with Crippen LogP contribution in [0, 0.1) is 0 Å². The number of rotatable bonds is 6. The summed E-state index contributed by atoms with van der Waals surface area (Å²) >= 11 is 0. The summed E-state index contributed by atoms with van der Waals surface area (Å²) in [5, 5.41) is 0. The molecular formula is C16H25NO3. The fourth-order valence-electron chi connectivity index (χ4n) is 1.73. The van der Waals surface area contributed by atoms with Gasteiger partial charge in [-0.15, -0.1) is 0 Å². The molecule has 0 fully saturated rings. The number of likely N-dealkylation sites (N-methyl/N-ethyl adjacent to an activating group) is 1. The van der Waals surface area contributed by atoms with Gasteiger partial charge in [0.05, 0.1) is 13.7 Å². The Morgan fingerprint density at radius 3 is 2.30 bits per heavy atom. The molecule has 0 unspecified atom stereocenters. The highest BCUT2D eigenvalue weighted by Crippen LogP contribution is 2.24. The van der Waals surface area contributed by atoms with Gasteiger partial charge in [-0.1, -0.05) is 32.9 Å². The first-order valence-electron chi connectivity index (χ1n) is 6.81. The van der Waals surface area contributed by atoms with Gasteiger partial charge in [-0.25, -0.2) is 0 Å². The lowest BCUT2D eigenvalue weighted by atomic mass is 9.87. The van der Waals surface area contributed by atoms with Crippen LogP contribution in [0.15, 0.2) is 24.3 Å². The monoisotopic (exact) mass is 279 g/mol. The van der Waals surface area contributed by atoms with E-state index in [1.807, 2.05) is 24.1 Å². The Kier molecular flexibility index (Phi) is 6.02. The minimum Gasteiger partial charge on any atom is -0.492 e. The fourth-order valence-corrected chi connectivity index (χ4v) is 1.73. The molecule has 1 aromatic rings. The maximum absolute atomic E-state index is 11.1. The first-order valence-corrected chi connectivity index (χ1v) is 6.81. The normalized spacial score (nSPS) is 11.5. The van der Waals surface area contributed by atoms with Crippen LogP contribution in [0.2, 0.25) is 0 Å². The molecule has 112 valence electrons. The van der Waals surface area contributed by atoms with Gasteiger partial charge in [0.2, 0.25) is 0 Å². The van der Waals surface area contributed by atoms with Crippen molar-refractivity contribution in [2.75, 3.05) is 33.9 Å². The first kappa shape index (κ1) is 16.5. The zero-order chi connectivity index (χ0) is 15.2. The molecule has 0 aromatic heterocycles. The van der Waals surface area contributed by atoms with E-state index < -0.39 is 0 Å². The van der Waals surface area contributed by atoms with Crippen LogP contribution in [0.1, 0.15) is 26.3 Å². The predicted octanol–water partition coefficient (Wildman–Crippen LogP) is 2.47. The maximum atomic E-state index is 11.1. The highest BCUT2D eigenvalue weighted by atomic mass is 16.5. The van der Waals surface area contributed by atoms with E-state index in [0.717, 1.165) is 5.75 Å². The summed E-state index contributed by atoms with van der Waals surface area (Å²) in [5.41, 5.74) is 1.44. The molecular weight excluding hydrogens is 254 g/mol. The van der Waals surface area contributed by atoms with E-state index in [1.165, 1.54) is 12.7 Å². The zero-order valence-corrected chi connectivity index (χ0v) is 13.1. The van der Waals surface area contributed by atoms with E-state index in [1.54, 1.807) is 0 Å². The van der Waals surface area contributed by atoms with Crippen molar-refractivity contribution in [3.63, 3.8) is 0 Å². The van der Waals surface area contributed by atoms with Gasteiger partial charge in [-0.3, -0.25) is 9.69 Å². The topological polar surface area (TPSA) is 38.8 Å². The van der Waals surface area contributed by atoms with Crippen molar-refractivity contribution in [3.05, 3.63) is 29.8 Å². The van der Waals surface area contributed by atoms with Gasteiger partial charge in [0.25, 0.3) is 0 Å². The molecule has 0 amide bonds. The van der Waals surface area contributed by atoms with Crippen molar-refractivity contribution in [1.29, 1.82) is 0 Å². The molecule has 0 spiro atoms. The summed E-state index contributed by atoms with van der Waals surface area (Å²) in [7, 11) is 3.26. The molecule has 20 heavy (non-hydrogen) atoms. The molecule has 0 atom stereocenters. The van der Waals surface area contributed by atoms with Gasteiger partial charge in [0.1, 0.15) is 12.4 Å². The SMILES string of the molecule is COC(=O)CN(C)CCOc1ccc(C(C)(C)C)cc1. The first-order chi connectivity index (χ1) is 9.32. The van der Waals surface area contributed by atoms with Gasteiger partial charge in [0, 0.05) is 6.54 Å².